The Labute approximate surface area is 151 Å². The Balaban J connectivity index is 1.88. The number of amides is 1. The van der Waals surface area contributed by atoms with E-state index >= 15 is 0 Å². The van der Waals surface area contributed by atoms with E-state index in [4.69, 9.17) is 0 Å². The van der Waals surface area contributed by atoms with Gasteiger partial charge in [-0.3, -0.25) is 4.79 Å². The highest BCUT2D eigenvalue weighted by Crippen LogP contribution is 2.22. The van der Waals surface area contributed by atoms with Crippen molar-refractivity contribution >= 4 is 5.91 Å². The van der Waals surface area contributed by atoms with Gasteiger partial charge in [0.2, 0.25) is 0 Å². The normalized spacial score (nSPS) is 11.4. The maximum atomic E-state index is 12.0. The molecule has 0 aromatic heterocycles. The average molecular weight is 338 g/mol. The van der Waals surface area contributed by atoms with Gasteiger partial charge >= 0.3 is 0 Å². The van der Waals surface area contributed by atoms with E-state index in [1.807, 2.05) is 24.3 Å². The van der Waals surface area contributed by atoms with Crippen molar-refractivity contribution in [3.8, 4) is 0 Å². The van der Waals surface area contributed by atoms with Crippen LogP contribution in [0.25, 0.3) is 0 Å². The fourth-order valence-electron chi connectivity index (χ4n) is 2.64. The van der Waals surface area contributed by atoms with E-state index in [1.54, 1.807) is 0 Å². The summed E-state index contributed by atoms with van der Waals surface area (Å²) >= 11 is 0. The van der Waals surface area contributed by atoms with Crippen molar-refractivity contribution in [3.63, 3.8) is 0 Å². The number of rotatable bonds is 7. The lowest BCUT2D eigenvalue weighted by molar-refractivity contribution is 0.0953. The molecule has 134 valence electrons. The first-order valence-corrected chi connectivity index (χ1v) is 9.07. The summed E-state index contributed by atoms with van der Waals surface area (Å²) in [6, 6.07) is 16.6. The first-order chi connectivity index (χ1) is 11.9. The molecule has 0 radical (unpaired) electrons. The highest BCUT2D eigenvalue weighted by atomic mass is 16.1. The molecule has 3 nitrogen and oxygen atoms in total. The first-order valence-electron chi connectivity index (χ1n) is 9.07. The fraction of sp³-hybridized carbons (Fsp3) is 0.409. The Bertz CT molecular complexity index is 684. The standard InChI is InChI=1S/C22H30N2O/c1-5-13-24-21(25)19-8-6-7-18(14-19)16-23-15-17-9-11-20(12-10-17)22(2,3)4/h6-12,14,23H,5,13,15-16H2,1-4H3,(H,24,25). The second-order valence-electron chi connectivity index (χ2n) is 7.51. The Kier molecular flexibility index (Phi) is 6.77. The van der Waals surface area contributed by atoms with E-state index < -0.39 is 0 Å². The molecule has 0 atom stereocenters. The van der Waals surface area contributed by atoms with Crippen molar-refractivity contribution in [3.05, 3.63) is 70.8 Å². The van der Waals surface area contributed by atoms with Crippen LogP contribution in [0.4, 0.5) is 0 Å². The van der Waals surface area contributed by atoms with E-state index in [0.717, 1.165) is 30.6 Å². The highest BCUT2D eigenvalue weighted by molar-refractivity contribution is 5.94. The molecular formula is C22H30N2O. The lowest BCUT2D eigenvalue weighted by Gasteiger charge is -2.19. The van der Waals surface area contributed by atoms with Crippen LogP contribution in [-0.4, -0.2) is 12.5 Å². The fourth-order valence-corrected chi connectivity index (χ4v) is 2.64. The summed E-state index contributed by atoms with van der Waals surface area (Å²) in [5.74, 6) is 0.00136. The molecule has 0 aliphatic carbocycles. The van der Waals surface area contributed by atoms with Crippen LogP contribution >= 0.6 is 0 Å². The number of hydrogen-bond acceptors (Lipinski definition) is 2. The van der Waals surface area contributed by atoms with Gasteiger partial charge in [-0.15, -0.1) is 0 Å². The summed E-state index contributed by atoms with van der Waals surface area (Å²) in [6.45, 7) is 11.0. The maximum Gasteiger partial charge on any atom is 0.251 e. The third kappa shape index (κ3) is 6.02. The van der Waals surface area contributed by atoms with Crippen LogP contribution in [0.3, 0.4) is 0 Å². The maximum absolute atomic E-state index is 12.0. The van der Waals surface area contributed by atoms with Gasteiger partial charge in [-0.05, 0) is 40.7 Å². The van der Waals surface area contributed by atoms with Crippen LogP contribution < -0.4 is 10.6 Å². The number of hydrogen-bond donors (Lipinski definition) is 2. The van der Waals surface area contributed by atoms with Crippen LogP contribution in [0.1, 0.15) is 61.2 Å². The Morgan fingerprint density at radius 2 is 1.64 bits per heavy atom. The van der Waals surface area contributed by atoms with Crippen LogP contribution in [0.2, 0.25) is 0 Å². The van der Waals surface area contributed by atoms with Gasteiger partial charge in [-0.1, -0.05) is 64.1 Å². The molecule has 25 heavy (non-hydrogen) atoms. The molecule has 2 N–H and O–H groups in total. The summed E-state index contributed by atoms with van der Waals surface area (Å²) in [7, 11) is 0. The summed E-state index contributed by atoms with van der Waals surface area (Å²) in [6.07, 6.45) is 0.945. The van der Waals surface area contributed by atoms with Crippen LogP contribution in [0.5, 0.6) is 0 Å². The molecule has 0 fully saturated rings. The quantitative estimate of drug-likeness (QED) is 0.785. The average Bonchev–Trinajstić information content (AvgIpc) is 2.59. The molecule has 0 spiro atoms. The second kappa shape index (κ2) is 8.82. The summed E-state index contributed by atoms with van der Waals surface area (Å²) in [5.41, 5.74) is 4.65. The molecule has 2 aromatic rings. The van der Waals surface area contributed by atoms with Gasteiger partial charge in [0.1, 0.15) is 0 Å². The molecule has 0 heterocycles. The predicted octanol–water partition coefficient (Wildman–Crippen LogP) is 4.41. The van der Waals surface area contributed by atoms with E-state index in [9.17, 15) is 4.79 Å². The molecule has 2 aromatic carbocycles. The first kappa shape index (κ1) is 19.2. The third-order valence-corrected chi connectivity index (χ3v) is 4.20. The molecule has 2 rings (SSSR count). The van der Waals surface area contributed by atoms with Crippen molar-refractivity contribution < 1.29 is 4.79 Å². The number of benzene rings is 2. The molecule has 3 heteroatoms. The minimum absolute atomic E-state index is 0.00136. The SMILES string of the molecule is CCCNC(=O)c1cccc(CNCc2ccc(C(C)(C)C)cc2)c1. The highest BCUT2D eigenvalue weighted by Gasteiger charge is 2.12. The van der Waals surface area contributed by atoms with Crippen LogP contribution in [0.15, 0.2) is 48.5 Å². The lowest BCUT2D eigenvalue weighted by Crippen LogP contribution is -2.24. The number of carbonyl (C=O) groups is 1. The Hall–Kier alpha value is -2.13. The number of carbonyl (C=O) groups excluding carboxylic acids is 1. The lowest BCUT2D eigenvalue weighted by atomic mass is 9.87. The van der Waals surface area contributed by atoms with E-state index in [-0.39, 0.29) is 11.3 Å². The molecule has 0 aliphatic rings. The zero-order valence-corrected chi connectivity index (χ0v) is 15.9. The summed E-state index contributed by atoms with van der Waals surface area (Å²) in [4.78, 5) is 12.0. The second-order valence-corrected chi connectivity index (χ2v) is 7.51. The van der Waals surface area contributed by atoms with Gasteiger partial charge in [0, 0.05) is 25.2 Å². The van der Waals surface area contributed by atoms with Crippen LogP contribution in [-0.2, 0) is 18.5 Å². The van der Waals surface area contributed by atoms with Gasteiger partial charge < -0.3 is 10.6 Å². The van der Waals surface area contributed by atoms with Gasteiger partial charge in [-0.2, -0.15) is 0 Å². The molecule has 0 unspecified atom stereocenters. The van der Waals surface area contributed by atoms with Crippen molar-refractivity contribution in [2.24, 2.45) is 0 Å². The number of nitrogens with one attached hydrogen (secondary N) is 2. The van der Waals surface area contributed by atoms with Crippen molar-refractivity contribution in [1.29, 1.82) is 0 Å². The molecule has 1 amide bonds. The zero-order chi connectivity index (χ0) is 18.3. The minimum Gasteiger partial charge on any atom is -0.352 e. The monoisotopic (exact) mass is 338 g/mol. The molecule has 0 bridgehead atoms. The smallest absolute Gasteiger partial charge is 0.251 e. The van der Waals surface area contributed by atoms with E-state index in [2.05, 4.69) is 62.6 Å². The molecule has 0 aliphatic heterocycles. The molecular weight excluding hydrogens is 308 g/mol. The zero-order valence-electron chi connectivity index (χ0n) is 15.9. The van der Waals surface area contributed by atoms with Gasteiger partial charge in [0.15, 0.2) is 0 Å². The summed E-state index contributed by atoms with van der Waals surface area (Å²) in [5, 5.41) is 6.37. The van der Waals surface area contributed by atoms with Crippen molar-refractivity contribution in [2.75, 3.05) is 6.54 Å². The Morgan fingerprint density at radius 3 is 2.28 bits per heavy atom. The molecule has 0 saturated heterocycles. The minimum atomic E-state index is 0.00136. The van der Waals surface area contributed by atoms with Crippen molar-refractivity contribution in [2.45, 2.75) is 52.6 Å². The molecule has 0 saturated carbocycles. The Morgan fingerprint density at radius 1 is 0.960 bits per heavy atom. The van der Waals surface area contributed by atoms with Gasteiger partial charge in [-0.25, -0.2) is 0 Å². The summed E-state index contributed by atoms with van der Waals surface area (Å²) < 4.78 is 0. The van der Waals surface area contributed by atoms with E-state index in [0.29, 0.717) is 6.54 Å². The predicted molar refractivity (Wildman–Crippen MR) is 105 cm³/mol. The topological polar surface area (TPSA) is 41.1 Å². The van der Waals surface area contributed by atoms with Gasteiger partial charge in [0.05, 0.1) is 0 Å². The largest absolute Gasteiger partial charge is 0.352 e. The van der Waals surface area contributed by atoms with Crippen molar-refractivity contribution in [1.82, 2.24) is 10.6 Å². The van der Waals surface area contributed by atoms with Crippen LogP contribution in [0, 0.1) is 0 Å². The van der Waals surface area contributed by atoms with E-state index in [1.165, 1.54) is 11.1 Å². The third-order valence-electron chi connectivity index (χ3n) is 4.20. The van der Waals surface area contributed by atoms with Gasteiger partial charge in [0.25, 0.3) is 5.91 Å².